The van der Waals surface area contributed by atoms with Gasteiger partial charge >= 0.3 is 0 Å². The van der Waals surface area contributed by atoms with Gasteiger partial charge in [0.05, 0.1) is 25.5 Å². The second-order valence-electron chi connectivity index (χ2n) is 4.84. The topological polar surface area (TPSA) is 74.2 Å². The van der Waals surface area contributed by atoms with E-state index in [0.717, 1.165) is 10.8 Å². The van der Waals surface area contributed by atoms with Crippen LogP contribution < -0.4 is 9.47 Å². The summed E-state index contributed by atoms with van der Waals surface area (Å²) >= 11 is 0. The van der Waals surface area contributed by atoms with Crippen molar-refractivity contribution >= 4 is 16.6 Å². The fourth-order valence-electron chi connectivity index (χ4n) is 2.75. The molecule has 4 rings (SSSR count). The van der Waals surface area contributed by atoms with Crippen LogP contribution in [0.4, 0.5) is 0 Å². The number of fused-ring (bicyclic) bond motifs is 2. The molecule has 3 aromatic rings. The number of carbonyl (C=O) groups is 1. The predicted molar refractivity (Wildman–Crippen MR) is 79.3 cm³/mol. The van der Waals surface area contributed by atoms with Crippen LogP contribution in [-0.2, 0) is 0 Å². The van der Waals surface area contributed by atoms with E-state index in [1.54, 1.807) is 25.6 Å². The van der Waals surface area contributed by atoms with E-state index in [1.807, 2.05) is 12.1 Å². The fourth-order valence-corrected chi connectivity index (χ4v) is 2.75. The summed E-state index contributed by atoms with van der Waals surface area (Å²) in [5.74, 6) is 0.568. The average Bonchev–Trinajstić information content (AvgIpc) is 2.58. The summed E-state index contributed by atoms with van der Waals surface area (Å²) in [5.41, 5.74) is 1.85. The molecule has 0 N–H and O–H groups in total. The number of pyridine rings is 3. The molecule has 0 saturated heterocycles. The zero-order valence-corrected chi connectivity index (χ0v) is 12.0. The van der Waals surface area contributed by atoms with Crippen LogP contribution in [0.15, 0.2) is 30.6 Å². The molecule has 0 atom stereocenters. The van der Waals surface area contributed by atoms with Crippen molar-refractivity contribution in [3.63, 3.8) is 0 Å². The summed E-state index contributed by atoms with van der Waals surface area (Å²) in [6.07, 6.45) is 3.31. The number of carbonyl (C=O) groups excluding carboxylic acids is 1. The van der Waals surface area contributed by atoms with E-state index in [0.29, 0.717) is 28.6 Å². The Morgan fingerprint density at radius 1 is 0.955 bits per heavy atom. The summed E-state index contributed by atoms with van der Waals surface area (Å²) in [6, 6.07) is 5.35. The Bertz CT molecular complexity index is 932. The molecule has 3 heterocycles. The highest BCUT2D eigenvalue weighted by molar-refractivity contribution is 6.23. The summed E-state index contributed by atoms with van der Waals surface area (Å²) in [5, 5.41) is 1.64. The summed E-state index contributed by atoms with van der Waals surface area (Å²) in [6.45, 7) is 0. The maximum atomic E-state index is 12.8. The summed E-state index contributed by atoms with van der Waals surface area (Å²) < 4.78 is 10.6. The molecule has 6 nitrogen and oxygen atoms in total. The van der Waals surface area contributed by atoms with Gasteiger partial charge in [-0.2, -0.15) is 0 Å². The first-order chi connectivity index (χ1) is 10.7. The molecule has 1 aliphatic carbocycles. The Morgan fingerprint density at radius 2 is 1.68 bits per heavy atom. The molecule has 3 aromatic heterocycles. The van der Waals surface area contributed by atoms with E-state index >= 15 is 0 Å². The number of methoxy groups -OCH3 is 2. The van der Waals surface area contributed by atoms with Crippen molar-refractivity contribution in [3.8, 4) is 22.9 Å². The third-order valence-electron chi connectivity index (χ3n) is 3.73. The number of aromatic nitrogens is 3. The van der Waals surface area contributed by atoms with Gasteiger partial charge in [0.25, 0.3) is 0 Å². The van der Waals surface area contributed by atoms with Crippen LogP contribution in [0.5, 0.6) is 11.6 Å². The zero-order chi connectivity index (χ0) is 15.3. The van der Waals surface area contributed by atoms with Crippen molar-refractivity contribution in [1.29, 1.82) is 0 Å². The zero-order valence-electron chi connectivity index (χ0n) is 12.0. The van der Waals surface area contributed by atoms with Crippen LogP contribution in [0.1, 0.15) is 16.2 Å². The SMILES string of the molecule is COc1cc(OC)c2c(n1)C(=O)c1nccc3ccnc-2c13. The minimum atomic E-state index is -0.252. The Hall–Kier alpha value is -3.02. The highest BCUT2D eigenvalue weighted by atomic mass is 16.5. The largest absolute Gasteiger partial charge is 0.496 e. The van der Waals surface area contributed by atoms with E-state index in [4.69, 9.17) is 9.47 Å². The minimum Gasteiger partial charge on any atom is -0.496 e. The lowest BCUT2D eigenvalue weighted by Crippen LogP contribution is -2.16. The van der Waals surface area contributed by atoms with Gasteiger partial charge in [-0.15, -0.1) is 0 Å². The van der Waals surface area contributed by atoms with E-state index in [9.17, 15) is 4.79 Å². The number of nitrogens with zero attached hydrogens (tertiary/aromatic N) is 3. The van der Waals surface area contributed by atoms with Gasteiger partial charge in [0.1, 0.15) is 17.1 Å². The molecular formula is C16H11N3O3. The third-order valence-corrected chi connectivity index (χ3v) is 3.73. The van der Waals surface area contributed by atoms with Crippen LogP contribution in [0.2, 0.25) is 0 Å². The van der Waals surface area contributed by atoms with Crippen LogP contribution in [-0.4, -0.2) is 35.0 Å². The van der Waals surface area contributed by atoms with E-state index in [2.05, 4.69) is 15.0 Å². The number of ether oxygens (including phenoxy) is 2. The molecule has 22 heavy (non-hydrogen) atoms. The summed E-state index contributed by atoms with van der Waals surface area (Å²) in [7, 11) is 3.03. The van der Waals surface area contributed by atoms with Gasteiger partial charge in [0.2, 0.25) is 11.7 Å². The minimum absolute atomic E-state index is 0.252. The predicted octanol–water partition coefficient (Wildman–Crippen LogP) is 2.25. The fraction of sp³-hybridized carbons (Fsp3) is 0.125. The molecule has 0 aromatic carbocycles. The standard InChI is InChI=1S/C16H11N3O3/c1-21-9-7-10(22-2)19-15-12(9)13-11-8(3-5-17-13)4-6-18-14(11)16(15)20/h3-7H,1-2H3. The van der Waals surface area contributed by atoms with Crippen molar-refractivity contribution in [1.82, 2.24) is 15.0 Å². The first-order valence-corrected chi connectivity index (χ1v) is 6.66. The monoisotopic (exact) mass is 293 g/mol. The van der Waals surface area contributed by atoms with Crippen molar-refractivity contribution in [3.05, 3.63) is 42.0 Å². The van der Waals surface area contributed by atoms with Crippen LogP contribution in [0.3, 0.4) is 0 Å². The Labute approximate surface area is 125 Å². The molecule has 0 spiro atoms. The first kappa shape index (κ1) is 12.7. The van der Waals surface area contributed by atoms with Crippen molar-refractivity contribution in [2.24, 2.45) is 0 Å². The van der Waals surface area contributed by atoms with Crippen molar-refractivity contribution in [2.45, 2.75) is 0 Å². The molecule has 0 aliphatic heterocycles. The smallest absolute Gasteiger partial charge is 0.231 e. The highest BCUT2D eigenvalue weighted by Gasteiger charge is 2.32. The molecule has 0 fully saturated rings. The quantitative estimate of drug-likeness (QED) is 0.564. The van der Waals surface area contributed by atoms with Gasteiger partial charge < -0.3 is 9.47 Å². The molecule has 0 unspecified atom stereocenters. The highest BCUT2D eigenvalue weighted by Crippen LogP contribution is 2.42. The normalized spacial score (nSPS) is 12.2. The lowest BCUT2D eigenvalue weighted by Gasteiger charge is -2.19. The number of hydrogen-bond acceptors (Lipinski definition) is 6. The lowest BCUT2D eigenvalue weighted by molar-refractivity contribution is 0.103. The second-order valence-corrected chi connectivity index (χ2v) is 4.84. The number of hydrogen-bond donors (Lipinski definition) is 0. The molecule has 108 valence electrons. The number of ketones is 1. The van der Waals surface area contributed by atoms with Crippen molar-refractivity contribution in [2.75, 3.05) is 14.2 Å². The maximum Gasteiger partial charge on any atom is 0.231 e. The Balaban J connectivity index is 2.19. The van der Waals surface area contributed by atoms with Gasteiger partial charge in [0.15, 0.2) is 0 Å². The van der Waals surface area contributed by atoms with Crippen molar-refractivity contribution < 1.29 is 14.3 Å². The van der Waals surface area contributed by atoms with Crippen LogP contribution >= 0.6 is 0 Å². The van der Waals surface area contributed by atoms with Gasteiger partial charge in [-0.05, 0) is 17.5 Å². The number of rotatable bonds is 2. The Kier molecular flexibility index (Phi) is 2.59. The van der Waals surface area contributed by atoms with Gasteiger partial charge in [-0.1, -0.05) is 0 Å². The van der Waals surface area contributed by atoms with Crippen LogP contribution in [0.25, 0.3) is 22.0 Å². The molecule has 6 heteroatoms. The molecule has 0 saturated carbocycles. The average molecular weight is 293 g/mol. The Morgan fingerprint density at radius 3 is 2.36 bits per heavy atom. The molecule has 0 amide bonds. The third kappa shape index (κ3) is 1.54. The first-order valence-electron chi connectivity index (χ1n) is 6.66. The molecular weight excluding hydrogens is 282 g/mol. The molecule has 0 radical (unpaired) electrons. The second kappa shape index (κ2) is 4.49. The van der Waals surface area contributed by atoms with E-state index in [1.165, 1.54) is 7.11 Å². The maximum absolute atomic E-state index is 12.8. The van der Waals surface area contributed by atoms with Gasteiger partial charge in [-0.3, -0.25) is 14.8 Å². The van der Waals surface area contributed by atoms with E-state index in [-0.39, 0.29) is 11.5 Å². The van der Waals surface area contributed by atoms with Gasteiger partial charge in [0, 0.05) is 23.8 Å². The van der Waals surface area contributed by atoms with Gasteiger partial charge in [-0.25, -0.2) is 4.98 Å². The molecule has 0 bridgehead atoms. The summed E-state index contributed by atoms with van der Waals surface area (Å²) in [4.78, 5) is 25.7. The van der Waals surface area contributed by atoms with Crippen LogP contribution in [0, 0.1) is 0 Å². The molecule has 1 aliphatic rings. The lowest BCUT2D eigenvalue weighted by atomic mass is 9.91. The van der Waals surface area contributed by atoms with E-state index < -0.39 is 0 Å².